The molecule has 2 aromatic carbocycles. The average molecular weight is 524 g/mol. The highest BCUT2D eigenvalue weighted by Crippen LogP contribution is 2.37. The van der Waals surface area contributed by atoms with Crippen LogP contribution in [0.4, 0.5) is 5.69 Å². The lowest BCUT2D eigenvalue weighted by Gasteiger charge is -2.25. The third-order valence-electron chi connectivity index (χ3n) is 6.04. The van der Waals surface area contributed by atoms with E-state index in [2.05, 4.69) is 4.99 Å². The molecule has 0 fully saturated rings. The van der Waals surface area contributed by atoms with Crippen molar-refractivity contribution in [1.29, 1.82) is 0 Å². The molecule has 4 rings (SSSR count). The van der Waals surface area contributed by atoms with E-state index in [0.29, 0.717) is 26.2 Å². The van der Waals surface area contributed by atoms with E-state index in [9.17, 15) is 14.7 Å². The Bertz CT molecular complexity index is 1530. The molecule has 0 amide bonds. The van der Waals surface area contributed by atoms with Gasteiger partial charge in [-0.25, -0.2) is 9.79 Å². The van der Waals surface area contributed by atoms with Crippen LogP contribution in [0.3, 0.4) is 0 Å². The van der Waals surface area contributed by atoms with Crippen molar-refractivity contribution in [3.05, 3.63) is 78.5 Å². The highest BCUT2D eigenvalue weighted by molar-refractivity contribution is 7.07. The van der Waals surface area contributed by atoms with Crippen molar-refractivity contribution >= 4 is 29.1 Å². The van der Waals surface area contributed by atoms with Crippen molar-refractivity contribution in [3.63, 3.8) is 0 Å². The van der Waals surface area contributed by atoms with Crippen LogP contribution in [0.25, 0.3) is 6.08 Å². The van der Waals surface area contributed by atoms with Gasteiger partial charge in [-0.05, 0) is 55.3 Å². The van der Waals surface area contributed by atoms with Gasteiger partial charge >= 0.3 is 5.97 Å². The zero-order valence-corrected chi connectivity index (χ0v) is 22.4. The lowest BCUT2D eigenvalue weighted by molar-refractivity contribution is -0.139. The number of hydrogen-bond donors (Lipinski definition) is 1. The van der Waals surface area contributed by atoms with Crippen LogP contribution in [0, 0.1) is 0 Å². The first kappa shape index (κ1) is 26.0. The second-order valence-corrected chi connectivity index (χ2v) is 9.57. The maximum atomic E-state index is 13.8. The van der Waals surface area contributed by atoms with Crippen LogP contribution in [-0.4, -0.2) is 50.6 Å². The van der Waals surface area contributed by atoms with E-state index < -0.39 is 12.0 Å². The molecule has 0 unspecified atom stereocenters. The Balaban J connectivity index is 1.94. The predicted octanol–water partition coefficient (Wildman–Crippen LogP) is 2.59. The topological polar surface area (TPSA) is 103 Å². The van der Waals surface area contributed by atoms with Crippen molar-refractivity contribution in [2.45, 2.75) is 19.9 Å². The van der Waals surface area contributed by atoms with Crippen LogP contribution < -0.4 is 29.3 Å². The lowest BCUT2D eigenvalue weighted by atomic mass is 9.95. The number of rotatable bonds is 7. The van der Waals surface area contributed by atoms with Crippen molar-refractivity contribution in [1.82, 2.24) is 4.57 Å². The smallest absolute Gasteiger partial charge is 0.338 e. The molecule has 1 atom stereocenters. The maximum absolute atomic E-state index is 13.8. The molecule has 1 aliphatic rings. The Morgan fingerprint density at radius 1 is 1.16 bits per heavy atom. The van der Waals surface area contributed by atoms with Crippen LogP contribution >= 0.6 is 11.3 Å². The summed E-state index contributed by atoms with van der Waals surface area (Å²) in [4.78, 5) is 33.9. The molecule has 0 radical (unpaired) electrons. The van der Waals surface area contributed by atoms with Crippen LogP contribution in [0.1, 0.15) is 31.0 Å². The van der Waals surface area contributed by atoms with Gasteiger partial charge in [0.05, 0.1) is 42.7 Å². The minimum atomic E-state index is -0.697. The number of ether oxygens (including phenoxy) is 3. The lowest BCUT2D eigenvalue weighted by Crippen LogP contribution is -2.39. The number of phenolic OH excluding ortho intramolecular Hbond substituents is 1. The van der Waals surface area contributed by atoms with Crippen molar-refractivity contribution in [3.8, 4) is 17.2 Å². The van der Waals surface area contributed by atoms with Gasteiger partial charge in [-0.2, -0.15) is 0 Å². The largest absolute Gasteiger partial charge is 0.502 e. The average Bonchev–Trinajstić information content (AvgIpc) is 3.18. The van der Waals surface area contributed by atoms with Gasteiger partial charge in [0.15, 0.2) is 16.3 Å². The quantitative estimate of drug-likeness (QED) is 0.475. The number of esters is 1. The van der Waals surface area contributed by atoms with E-state index >= 15 is 0 Å². The zero-order chi connectivity index (χ0) is 26.9. The van der Waals surface area contributed by atoms with E-state index in [4.69, 9.17) is 14.2 Å². The normalized spacial score (nSPS) is 15.2. The number of fused-ring (bicyclic) bond motifs is 1. The van der Waals surface area contributed by atoms with Gasteiger partial charge in [-0.3, -0.25) is 9.36 Å². The number of nitrogens with zero attached hydrogens (tertiary/aromatic N) is 3. The van der Waals surface area contributed by atoms with E-state index in [1.54, 1.807) is 32.1 Å². The van der Waals surface area contributed by atoms with Crippen LogP contribution in [0.5, 0.6) is 17.2 Å². The minimum Gasteiger partial charge on any atom is -0.502 e. The molecular weight excluding hydrogens is 494 g/mol. The molecule has 0 bridgehead atoms. The maximum Gasteiger partial charge on any atom is 0.338 e. The monoisotopic (exact) mass is 523 g/mol. The number of carbonyl (C=O) groups excluding carboxylic acids is 1. The van der Waals surface area contributed by atoms with Crippen molar-refractivity contribution in [2.24, 2.45) is 4.99 Å². The molecule has 1 N–H and O–H groups in total. The third kappa shape index (κ3) is 4.84. The highest BCUT2D eigenvalue weighted by Gasteiger charge is 2.33. The van der Waals surface area contributed by atoms with Gasteiger partial charge in [0.1, 0.15) is 0 Å². The number of methoxy groups -OCH3 is 2. The summed E-state index contributed by atoms with van der Waals surface area (Å²) in [7, 11) is 6.76. The number of allylic oxidation sites excluding steroid dienone is 1. The summed E-state index contributed by atoms with van der Waals surface area (Å²) in [6.45, 7) is 3.70. The number of aromatic nitrogens is 1. The first-order chi connectivity index (χ1) is 17.7. The molecule has 194 valence electrons. The minimum absolute atomic E-state index is 0.125. The Hall–Kier alpha value is -4.05. The molecule has 2 heterocycles. The standard InChI is InChI=1S/C27H29N3O6S/c1-7-36-26(33)22-15(2)28-27-30(23(22)17-8-10-18(11-9-17)29(3)4)25(32)21(37-27)14-16-12-19(34-5)24(31)20(13-16)35-6/h8-14,23,31H,7H2,1-6H3/b21-14+/t23-/m1/s1. The number of benzene rings is 2. The van der Waals surface area contributed by atoms with Crippen LogP contribution in [0.2, 0.25) is 0 Å². The van der Waals surface area contributed by atoms with Gasteiger partial charge < -0.3 is 24.2 Å². The molecule has 0 saturated carbocycles. The molecule has 37 heavy (non-hydrogen) atoms. The van der Waals surface area contributed by atoms with Crippen molar-refractivity contribution < 1.29 is 24.1 Å². The summed E-state index contributed by atoms with van der Waals surface area (Å²) < 4.78 is 17.8. The van der Waals surface area contributed by atoms with Crippen LogP contribution in [0.15, 0.2) is 57.5 Å². The fourth-order valence-corrected chi connectivity index (χ4v) is 5.26. The molecule has 1 aromatic heterocycles. The van der Waals surface area contributed by atoms with Crippen molar-refractivity contribution in [2.75, 3.05) is 39.8 Å². The van der Waals surface area contributed by atoms with Crippen LogP contribution in [-0.2, 0) is 9.53 Å². The zero-order valence-electron chi connectivity index (χ0n) is 21.6. The molecule has 10 heteroatoms. The first-order valence-corrected chi connectivity index (χ1v) is 12.4. The molecule has 1 aliphatic heterocycles. The summed E-state index contributed by atoms with van der Waals surface area (Å²) in [5.41, 5.74) is 2.89. The second kappa shape index (κ2) is 10.5. The van der Waals surface area contributed by atoms with Gasteiger partial charge in [0, 0.05) is 19.8 Å². The number of hydrogen-bond acceptors (Lipinski definition) is 9. The fourth-order valence-electron chi connectivity index (χ4n) is 4.21. The van der Waals surface area contributed by atoms with Gasteiger partial charge in [0.2, 0.25) is 5.75 Å². The number of thiazole rings is 1. The number of phenols is 1. The number of carbonyl (C=O) groups is 1. The summed E-state index contributed by atoms with van der Waals surface area (Å²) in [6.07, 6.45) is 1.68. The highest BCUT2D eigenvalue weighted by atomic mass is 32.1. The molecular formula is C27H29N3O6S. The Kier molecular flexibility index (Phi) is 7.40. The van der Waals surface area contributed by atoms with Gasteiger partial charge in [0.25, 0.3) is 5.56 Å². The predicted molar refractivity (Wildman–Crippen MR) is 142 cm³/mol. The fraction of sp³-hybridized carbons (Fsp3) is 0.296. The number of anilines is 1. The SMILES string of the molecule is CCOC(=O)C1=C(C)N=c2s/c(=C/c3cc(OC)c(O)c(OC)c3)c(=O)n2[C@@H]1c1ccc(N(C)C)cc1. The van der Waals surface area contributed by atoms with E-state index in [1.807, 2.05) is 43.3 Å². The molecule has 3 aromatic rings. The Morgan fingerprint density at radius 2 is 1.78 bits per heavy atom. The molecule has 0 spiro atoms. The summed E-state index contributed by atoms with van der Waals surface area (Å²) >= 11 is 1.21. The Labute approximate surface area is 218 Å². The summed E-state index contributed by atoms with van der Waals surface area (Å²) in [6, 6.07) is 10.2. The molecule has 0 saturated heterocycles. The van der Waals surface area contributed by atoms with E-state index in [0.717, 1.165) is 11.3 Å². The van der Waals surface area contributed by atoms with Gasteiger partial charge in [-0.15, -0.1) is 0 Å². The summed E-state index contributed by atoms with van der Waals surface area (Å²) in [5.74, 6) is -0.192. The Morgan fingerprint density at radius 3 is 2.32 bits per heavy atom. The van der Waals surface area contributed by atoms with E-state index in [1.165, 1.54) is 30.1 Å². The second-order valence-electron chi connectivity index (χ2n) is 8.56. The van der Waals surface area contributed by atoms with Gasteiger partial charge in [-0.1, -0.05) is 23.5 Å². The first-order valence-electron chi connectivity index (χ1n) is 11.6. The molecule has 9 nitrogen and oxygen atoms in total. The third-order valence-corrected chi connectivity index (χ3v) is 7.03. The summed E-state index contributed by atoms with van der Waals surface area (Å²) in [5, 5.41) is 10.2. The number of aromatic hydroxyl groups is 1. The van der Waals surface area contributed by atoms with E-state index in [-0.39, 0.29) is 29.4 Å². The molecule has 0 aliphatic carbocycles.